The fourth-order valence-corrected chi connectivity index (χ4v) is 2.46. The van der Waals surface area contributed by atoms with Crippen molar-refractivity contribution in [2.75, 3.05) is 6.54 Å². The summed E-state index contributed by atoms with van der Waals surface area (Å²) in [5.41, 5.74) is 5.64. The van der Waals surface area contributed by atoms with Gasteiger partial charge in [-0.3, -0.25) is 0 Å². The average Bonchev–Trinajstić information content (AvgIpc) is 2.26. The molecule has 1 unspecified atom stereocenters. The van der Waals surface area contributed by atoms with Crippen molar-refractivity contribution < 1.29 is 5.11 Å². The predicted octanol–water partition coefficient (Wildman–Crippen LogP) is 2.30. The highest BCUT2D eigenvalue weighted by molar-refractivity contribution is 4.77. The van der Waals surface area contributed by atoms with Crippen LogP contribution in [0.1, 0.15) is 51.9 Å². The molecule has 1 rings (SSSR count). The number of aliphatic hydroxyl groups excluding tert-OH is 1. The van der Waals surface area contributed by atoms with E-state index in [4.69, 9.17) is 5.73 Å². The van der Waals surface area contributed by atoms with Gasteiger partial charge in [0.2, 0.25) is 0 Å². The first kappa shape index (κ1) is 12.0. The summed E-state index contributed by atoms with van der Waals surface area (Å²) in [5.74, 6) is 1.29. The number of unbranched alkanes of at least 4 members (excludes halogenated alkanes) is 1. The van der Waals surface area contributed by atoms with Gasteiger partial charge in [0, 0.05) is 0 Å². The standard InChI is InChI=1S/C12H25NO/c1-2-3-4-12(14)11-7-5-10(9-13)6-8-11/h10-12,14H,2-9,13H2,1H3/t10-,11-,12?. The first-order valence-electron chi connectivity index (χ1n) is 6.16. The molecule has 14 heavy (non-hydrogen) atoms. The summed E-state index contributed by atoms with van der Waals surface area (Å²) >= 11 is 0. The van der Waals surface area contributed by atoms with Gasteiger partial charge < -0.3 is 10.8 Å². The van der Waals surface area contributed by atoms with E-state index in [1.807, 2.05) is 0 Å². The minimum absolute atomic E-state index is 0.0475. The van der Waals surface area contributed by atoms with Gasteiger partial charge in [-0.2, -0.15) is 0 Å². The molecular formula is C12H25NO. The zero-order chi connectivity index (χ0) is 10.4. The zero-order valence-electron chi connectivity index (χ0n) is 9.41. The highest BCUT2D eigenvalue weighted by atomic mass is 16.3. The Bertz CT molecular complexity index is 141. The van der Waals surface area contributed by atoms with Crippen molar-refractivity contribution in [2.24, 2.45) is 17.6 Å². The molecule has 0 bridgehead atoms. The fourth-order valence-electron chi connectivity index (χ4n) is 2.46. The molecule has 1 fully saturated rings. The summed E-state index contributed by atoms with van der Waals surface area (Å²) in [7, 11) is 0. The largest absolute Gasteiger partial charge is 0.393 e. The van der Waals surface area contributed by atoms with E-state index < -0.39 is 0 Å². The molecule has 3 N–H and O–H groups in total. The van der Waals surface area contributed by atoms with E-state index in [1.165, 1.54) is 32.1 Å². The monoisotopic (exact) mass is 199 g/mol. The molecule has 84 valence electrons. The highest BCUT2D eigenvalue weighted by Crippen LogP contribution is 2.31. The second-order valence-corrected chi connectivity index (χ2v) is 4.73. The summed E-state index contributed by atoms with van der Waals surface area (Å²) in [6.45, 7) is 3.01. The van der Waals surface area contributed by atoms with Gasteiger partial charge in [0.1, 0.15) is 0 Å². The van der Waals surface area contributed by atoms with Gasteiger partial charge in [0.15, 0.2) is 0 Å². The van der Waals surface area contributed by atoms with E-state index in [1.54, 1.807) is 0 Å². The Morgan fingerprint density at radius 1 is 1.29 bits per heavy atom. The van der Waals surface area contributed by atoms with Crippen LogP contribution in [0.15, 0.2) is 0 Å². The van der Waals surface area contributed by atoms with Crippen LogP contribution in [0.2, 0.25) is 0 Å². The van der Waals surface area contributed by atoms with Crippen molar-refractivity contribution in [2.45, 2.75) is 58.0 Å². The van der Waals surface area contributed by atoms with Crippen LogP contribution in [-0.4, -0.2) is 17.8 Å². The SMILES string of the molecule is CCCCC(O)[C@H]1CC[C@H](CN)CC1. The molecule has 2 heteroatoms. The van der Waals surface area contributed by atoms with Crippen LogP contribution in [0.4, 0.5) is 0 Å². The smallest absolute Gasteiger partial charge is 0.0568 e. The van der Waals surface area contributed by atoms with Crippen molar-refractivity contribution >= 4 is 0 Å². The van der Waals surface area contributed by atoms with E-state index in [-0.39, 0.29) is 6.10 Å². The second-order valence-electron chi connectivity index (χ2n) is 4.73. The molecular weight excluding hydrogens is 174 g/mol. The molecule has 0 radical (unpaired) electrons. The van der Waals surface area contributed by atoms with Gasteiger partial charge in [0.05, 0.1) is 6.10 Å². The first-order chi connectivity index (χ1) is 6.77. The maximum atomic E-state index is 9.93. The molecule has 0 aliphatic heterocycles. The average molecular weight is 199 g/mol. The van der Waals surface area contributed by atoms with Crippen LogP contribution in [0.5, 0.6) is 0 Å². The topological polar surface area (TPSA) is 46.2 Å². The van der Waals surface area contributed by atoms with Crippen molar-refractivity contribution in [1.82, 2.24) is 0 Å². The lowest BCUT2D eigenvalue weighted by molar-refractivity contribution is 0.0659. The lowest BCUT2D eigenvalue weighted by Gasteiger charge is -2.30. The summed E-state index contributed by atoms with van der Waals surface area (Å²) in [4.78, 5) is 0. The molecule has 0 spiro atoms. The van der Waals surface area contributed by atoms with Crippen LogP contribution in [-0.2, 0) is 0 Å². The normalized spacial score (nSPS) is 30.2. The van der Waals surface area contributed by atoms with Crippen LogP contribution in [0.25, 0.3) is 0 Å². The minimum Gasteiger partial charge on any atom is -0.393 e. The molecule has 1 aliphatic carbocycles. The summed E-state index contributed by atoms with van der Waals surface area (Å²) in [6, 6.07) is 0. The minimum atomic E-state index is -0.0475. The van der Waals surface area contributed by atoms with Gasteiger partial charge in [-0.15, -0.1) is 0 Å². The number of hydrogen-bond donors (Lipinski definition) is 2. The number of aliphatic hydroxyl groups is 1. The molecule has 0 saturated heterocycles. The molecule has 0 heterocycles. The molecule has 0 amide bonds. The van der Waals surface area contributed by atoms with Gasteiger partial charge in [-0.05, 0) is 50.5 Å². The van der Waals surface area contributed by atoms with Crippen LogP contribution in [0, 0.1) is 11.8 Å². The number of rotatable bonds is 5. The maximum absolute atomic E-state index is 9.93. The van der Waals surface area contributed by atoms with Gasteiger partial charge in [0.25, 0.3) is 0 Å². The lowest BCUT2D eigenvalue weighted by atomic mass is 9.78. The maximum Gasteiger partial charge on any atom is 0.0568 e. The van der Waals surface area contributed by atoms with E-state index >= 15 is 0 Å². The van der Waals surface area contributed by atoms with Crippen LogP contribution < -0.4 is 5.73 Å². The van der Waals surface area contributed by atoms with Crippen molar-refractivity contribution in [3.8, 4) is 0 Å². The Hall–Kier alpha value is -0.0800. The van der Waals surface area contributed by atoms with Crippen molar-refractivity contribution in [3.05, 3.63) is 0 Å². The van der Waals surface area contributed by atoms with Gasteiger partial charge in [-0.25, -0.2) is 0 Å². The van der Waals surface area contributed by atoms with Crippen molar-refractivity contribution in [1.29, 1.82) is 0 Å². The molecule has 0 aromatic carbocycles. The predicted molar refractivity (Wildman–Crippen MR) is 60.0 cm³/mol. The third-order valence-electron chi connectivity index (χ3n) is 3.62. The van der Waals surface area contributed by atoms with Crippen LogP contribution >= 0.6 is 0 Å². The summed E-state index contributed by atoms with van der Waals surface area (Å²) < 4.78 is 0. The fraction of sp³-hybridized carbons (Fsp3) is 1.00. The van der Waals surface area contributed by atoms with Crippen molar-refractivity contribution in [3.63, 3.8) is 0 Å². The molecule has 2 nitrogen and oxygen atoms in total. The Morgan fingerprint density at radius 2 is 1.93 bits per heavy atom. The number of nitrogens with two attached hydrogens (primary N) is 1. The lowest BCUT2D eigenvalue weighted by Crippen LogP contribution is -2.28. The number of hydrogen-bond acceptors (Lipinski definition) is 2. The van der Waals surface area contributed by atoms with E-state index in [0.29, 0.717) is 5.92 Å². The van der Waals surface area contributed by atoms with E-state index in [0.717, 1.165) is 25.3 Å². The Balaban J connectivity index is 2.19. The zero-order valence-corrected chi connectivity index (χ0v) is 9.41. The van der Waals surface area contributed by atoms with E-state index in [9.17, 15) is 5.11 Å². The Kier molecular flexibility index (Phi) is 5.49. The Morgan fingerprint density at radius 3 is 2.43 bits per heavy atom. The molecule has 1 aliphatic rings. The van der Waals surface area contributed by atoms with E-state index in [2.05, 4.69) is 6.92 Å². The van der Waals surface area contributed by atoms with Gasteiger partial charge in [-0.1, -0.05) is 19.8 Å². The first-order valence-corrected chi connectivity index (χ1v) is 6.16. The summed E-state index contributed by atoms with van der Waals surface area (Å²) in [5, 5.41) is 9.93. The Labute approximate surface area is 87.9 Å². The molecule has 1 saturated carbocycles. The molecule has 1 atom stereocenters. The third kappa shape index (κ3) is 3.58. The molecule has 0 aromatic rings. The van der Waals surface area contributed by atoms with Gasteiger partial charge >= 0.3 is 0 Å². The molecule has 0 aromatic heterocycles. The summed E-state index contributed by atoms with van der Waals surface area (Å²) in [6.07, 6.45) is 8.13. The quantitative estimate of drug-likeness (QED) is 0.713. The highest BCUT2D eigenvalue weighted by Gasteiger charge is 2.25. The second kappa shape index (κ2) is 6.41. The third-order valence-corrected chi connectivity index (χ3v) is 3.62. The van der Waals surface area contributed by atoms with Crippen LogP contribution in [0.3, 0.4) is 0 Å².